The van der Waals surface area contributed by atoms with Crippen LogP contribution in [0, 0.1) is 5.82 Å². The van der Waals surface area contributed by atoms with Crippen molar-refractivity contribution >= 4 is 17.6 Å². The summed E-state index contributed by atoms with van der Waals surface area (Å²) < 4.78 is 23.6. The Morgan fingerprint density at radius 2 is 1.65 bits per heavy atom. The van der Waals surface area contributed by atoms with E-state index in [1.165, 1.54) is 24.3 Å². The molecule has 5 nitrogen and oxygen atoms in total. The van der Waals surface area contributed by atoms with Crippen LogP contribution in [0.1, 0.15) is 37.6 Å². The molecule has 1 amide bonds. The number of hydrogen-bond acceptors (Lipinski definition) is 4. The van der Waals surface area contributed by atoms with Crippen LogP contribution < -0.4 is 10.1 Å². The van der Waals surface area contributed by atoms with Crippen LogP contribution >= 0.6 is 0 Å². The number of amides is 1. The van der Waals surface area contributed by atoms with Gasteiger partial charge in [-0.05, 0) is 68.8 Å². The van der Waals surface area contributed by atoms with Crippen molar-refractivity contribution in [2.24, 2.45) is 0 Å². The molecule has 0 saturated heterocycles. The van der Waals surface area contributed by atoms with Gasteiger partial charge in [0.15, 0.2) is 6.10 Å². The maximum absolute atomic E-state index is 12.9. The number of ether oxygens (including phenoxy) is 2. The number of carbonyl (C=O) groups excluding carboxylic acids is 2. The summed E-state index contributed by atoms with van der Waals surface area (Å²) in [5.41, 5.74) is 0.912. The van der Waals surface area contributed by atoms with Crippen molar-refractivity contribution in [3.05, 3.63) is 59.9 Å². The molecule has 26 heavy (non-hydrogen) atoms. The average Bonchev–Trinajstić information content (AvgIpc) is 2.63. The molecule has 0 saturated carbocycles. The second kappa shape index (κ2) is 8.99. The molecular formula is C20H22FNO4. The van der Waals surface area contributed by atoms with E-state index in [-0.39, 0.29) is 17.8 Å². The van der Waals surface area contributed by atoms with Gasteiger partial charge in [0.2, 0.25) is 0 Å². The van der Waals surface area contributed by atoms with Crippen molar-refractivity contribution < 1.29 is 23.5 Å². The van der Waals surface area contributed by atoms with Gasteiger partial charge in [-0.25, -0.2) is 9.18 Å². The molecule has 6 heteroatoms. The van der Waals surface area contributed by atoms with Gasteiger partial charge < -0.3 is 14.8 Å². The minimum absolute atomic E-state index is 0.161. The molecular weight excluding hydrogens is 337 g/mol. The summed E-state index contributed by atoms with van der Waals surface area (Å²) in [6.45, 7) is 5.36. The van der Waals surface area contributed by atoms with Crippen molar-refractivity contribution in [3.8, 4) is 5.75 Å². The minimum atomic E-state index is -0.747. The predicted octanol–water partition coefficient (Wildman–Crippen LogP) is 4.19. The molecule has 0 aliphatic heterocycles. The molecule has 2 aromatic carbocycles. The Kier molecular flexibility index (Phi) is 6.72. The number of hydrogen-bond donors (Lipinski definition) is 1. The van der Waals surface area contributed by atoms with Crippen LogP contribution in [0.3, 0.4) is 0 Å². The normalized spacial score (nSPS) is 12.8. The molecule has 0 spiro atoms. The van der Waals surface area contributed by atoms with E-state index in [4.69, 9.17) is 9.47 Å². The highest BCUT2D eigenvalue weighted by Crippen LogP contribution is 2.16. The van der Waals surface area contributed by atoms with Crippen LogP contribution in [-0.2, 0) is 9.53 Å². The summed E-state index contributed by atoms with van der Waals surface area (Å²) in [5, 5.41) is 2.67. The maximum Gasteiger partial charge on any atom is 0.347 e. The number of carbonyl (C=O) groups is 2. The largest absolute Gasteiger partial charge is 0.479 e. The monoisotopic (exact) mass is 359 g/mol. The number of benzene rings is 2. The Bertz CT molecular complexity index is 743. The topological polar surface area (TPSA) is 64.6 Å². The number of anilines is 1. The van der Waals surface area contributed by atoms with Crippen molar-refractivity contribution in [1.29, 1.82) is 0 Å². The number of rotatable bonds is 7. The molecule has 0 aliphatic carbocycles. The van der Waals surface area contributed by atoms with E-state index in [9.17, 15) is 14.0 Å². The lowest BCUT2D eigenvalue weighted by atomic mass is 10.2. The minimum Gasteiger partial charge on any atom is -0.479 e. The second-order valence-electron chi connectivity index (χ2n) is 5.90. The fourth-order valence-corrected chi connectivity index (χ4v) is 2.05. The summed E-state index contributed by atoms with van der Waals surface area (Å²) in [6.07, 6.45) is -0.176. The Labute approximate surface area is 152 Å². The van der Waals surface area contributed by atoms with Gasteiger partial charge in [-0.3, -0.25) is 4.79 Å². The SMILES string of the molecule is CC[C@H](C)OC(=O)[C@@H](C)Oc1ccc(C(=O)Nc2ccc(F)cc2)cc1. The molecule has 138 valence electrons. The summed E-state index contributed by atoms with van der Waals surface area (Å²) in [6, 6.07) is 11.9. The first kappa shape index (κ1) is 19.4. The van der Waals surface area contributed by atoms with Gasteiger partial charge in [0, 0.05) is 11.3 Å². The molecule has 0 aromatic heterocycles. The van der Waals surface area contributed by atoms with Crippen molar-refractivity contribution in [3.63, 3.8) is 0 Å². The lowest BCUT2D eigenvalue weighted by Crippen LogP contribution is -2.29. The number of halogens is 1. The van der Waals surface area contributed by atoms with Crippen LogP contribution in [0.4, 0.5) is 10.1 Å². The second-order valence-corrected chi connectivity index (χ2v) is 5.90. The highest BCUT2D eigenvalue weighted by molar-refractivity contribution is 6.04. The standard InChI is InChI=1S/C20H22FNO4/c1-4-13(2)25-20(24)14(3)26-18-11-5-15(6-12-18)19(23)22-17-9-7-16(21)8-10-17/h5-14H,4H2,1-3H3,(H,22,23)/t13-,14+/m0/s1. The van der Waals surface area contributed by atoms with E-state index in [2.05, 4.69) is 5.32 Å². The molecule has 2 rings (SSSR count). The third-order valence-electron chi connectivity index (χ3n) is 3.76. The maximum atomic E-state index is 12.9. The molecule has 2 aromatic rings. The molecule has 1 N–H and O–H groups in total. The molecule has 0 radical (unpaired) electrons. The van der Waals surface area contributed by atoms with E-state index in [1.807, 2.05) is 13.8 Å². The van der Waals surface area contributed by atoms with E-state index in [0.717, 1.165) is 6.42 Å². The van der Waals surface area contributed by atoms with Crippen molar-refractivity contribution in [2.75, 3.05) is 5.32 Å². The van der Waals surface area contributed by atoms with Gasteiger partial charge >= 0.3 is 5.97 Å². The Balaban J connectivity index is 1.93. The number of esters is 1. The molecule has 0 fully saturated rings. The Hall–Kier alpha value is -2.89. The third kappa shape index (κ3) is 5.58. The Morgan fingerprint density at radius 1 is 1.04 bits per heavy atom. The third-order valence-corrected chi connectivity index (χ3v) is 3.76. The van der Waals surface area contributed by atoms with Crippen LogP contribution in [0.15, 0.2) is 48.5 Å². The van der Waals surface area contributed by atoms with E-state index >= 15 is 0 Å². The Morgan fingerprint density at radius 3 is 2.23 bits per heavy atom. The zero-order valence-corrected chi connectivity index (χ0v) is 15.0. The highest BCUT2D eigenvalue weighted by atomic mass is 19.1. The van der Waals surface area contributed by atoms with Crippen molar-refractivity contribution in [2.45, 2.75) is 39.4 Å². The van der Waals surface area contributed by atoms with Gasteiger partial charge in [0.1, 0.15) is 11.6 Å². The fourth-order valence-electron chi connectivity index (χ4n) is 2.05. The van der Waals surface area contributed by atoms with Gasteiger partial charge in [0.25, 0.3) is 5.91 Å². The summed E-state index contributed by atoms with van der Waals surface area (Å²) in [7, 11) is 0. The van der Waals surface area contributed by atoms with Crippen LogP contribution in [0.25, 0.3) is 0 Å². The fraction of sp³-hybridized carbons (Fsp3) is 0.300. The van der Waals surface area contributed by atoms with Gasteiger partial charge in [-0.2, -0.15) is 0 Å². The first-order chi connectivity index (χ1) is 12.4. The van der Waals surface area contributed by atoms with Gasteiger partial charge in [0.05, 0.1) is 6.10 Å². The van der Waals surface area contributed by atoms with E-state index in [1.54, 1.807) is 31.2 Å². The lowest BCUT2D eigenvalue weighted by molar-refractivity contribution is -0.155. The summed E-state index contributed by atoms with van der Waals surface area (Å²) in [4.78, 5) is 24.1. The molecule has 0 heterocycles. The molecule has 0 bridgehead atoms. The van der Waals surface area contributed by atoms with Crippen molar-refractivity contribution in [1.82, 2.24) is 0 Å². The van der Waals surface area contributed by atoms with Gasteiger partial charge in [-0.1, -0.05) is 6.92 Å². The van der Waals surface area contributed by atoms with Crippen LogP contribution in [0.5, 0.6) is 5.75 Å². The van der Waals surface area contributed by atoms with Crippen LogP contribution in [-0.4, -0.2) is 24.1 Å². The summed E-state index contributed by atoms with van der Waals surface area (Å²) in [5.74, 6) is -0.674. The molecule has 0 aliphatic rings. The smallest absolute Gasteiger partial charge is 0.347 e. The molecule has 0 unspecified atom stereocenters. The highest BCUT2D eigenvalue weighted by Gasteiger charge is 2.18. The van der Waals surface area contributed by atoms with Gasteiger partial charge in [-0.15, -0.1) is 0 Å². The molecule has 2 atom stereocenters. The van der Waals surface area contributed by atoms with E-state index < -0.39 is 12.1 Å². The number of nitrogens with one attached hydrogen (secondary N) is 1. The van der Waals surface area contributed by atoms with E-state index in [0.29, 0.717) is 17.0 Å². The van der Waals surface area contributed by atoms with Crippen LogP contribution in [0.2, 0.25) is 0 Å². The zero-order chi connectivity index (χ0) is 19.1. The first-order valence-electron chi connectivity index (χ1n) is 8.43. The zero-order valence-electron chi connectivity index (χ0n) is 15.0. The quantitative estimate of drug-likeness (QED) is 0.753. The predicted molar refractivity (Wildman–Crippen MR) is 96.7 cm³/mol. The first-order valence-corrected chi connectivity index (χ1v) is 8.43. The average molecular weight is 359 g/mol. The lowest BCUT2D eigenvalue weighted by Gasteiger charge is -2.17. The summed E-state index contributed by atoms with van der Waals surface area (Å²) >= 11 is 0.